The number of carbonyl (C=O) groups excluding carboxylic acids is 3. The number of ketones is 1. The summed E-state index contributed by atoms with van der Waals surface area (Å²) < 4.78 is 0. The molecule has 0 radical (unpaired) electrons. The first-order chi connectivity index (χ1) is 5.92. The molecule has 4 N–H and O–H groups in total. The Labute approximate surface area is 76.5 Å². The van der Waals surface area contributed by atoms with Crippen molar-refractivity contribution in [2.75, 3.05) is 0 Å². The Balaban J connectivity index is 5.10. The summed E-state index contributed by atoms with van der Waals surface area (Å²) in [5.41, 5.74) is 8.47. The highest BCUT2D eigenvalue weighted by molar-refractivity contribution is 6.41. The minimum atomic E-state index is -1.41. The monoisotopic (exact) mass is 186 g/mol. The average molecular weight is 186 g/mol. The molecule has 0 aliphatic rings. The van der Waals surface area contributed by atoms with Crippen LogP contribution < -0.4 is 11.5 Å². The summed E-state index contributed by atoms with van der Waals surface area (Å²) in [5.74, 6) is -2.80. The van der Waals surface area contributed by atoms with Gasteiger partial charge in [0.15, 0.2) is 0 Å². The molecule has 0 aromatic rings. The van der Waals surface area contributed by atoms with Crippen molar-refractivity contribution in [1.82, 2.24) is 0 Å². The molecule has 2 amide bonds. The molecule has 0 aliphatic carbocycles. The molecule has 0 rings (SSSR count). The Bertz CT molecular complexity index is 244. The fraction of sp³-hybridized carbons (Fsp3) is 0.625. The van der Waals surface area contributed by atoms with Crippen LogP contribution >= 0.6 is 0 Å². The van der Waals surface area contributed by atoms with Crippen molar-refractivity contribution < 1.29 is 14.4 Å². The van der Waals surface area contributed by atoms with Crippen LogP contribution in [-0.4, -0.2) is 17.6 Å². The molecule has 5 heteroatoms. The van der Waals surface area contributed by atoms with Crippen LogP contribution in [0.4, 0.5) is 0 Å². The van der Waals surface area contributed by atoms with Crippen LogP contribution in [0.2, 0.25) is 0 Å². The Morgan fingerprint density at radius 3 is 1.54 bits per heavy atom. The van der Waals surface area contributed by atoms with Gasteiger partial charge in [0.25, 0.3) is 5.91 Å². The lowest BCUT2D eigenvalue weighted by Crippen LogP contribution is -2.48. The molecular weight excluding hydrogens is 172 g/mol. The van der Waals surface area contributed by atoms with Gasteiger partial charge >= 0.3 is 0 Å². The van der Waals surface area contributed by atoms with Gasteiger partial charge in [-0.25, -0.2) is 0 Å². The molecule has 0 aromatic heterocycles. The predicted molar refractivity (Wildman–Crippen MR) is 46.4 cm³/mol. The second-order valence-corrected chi connectivity index (χ2v) is 2.85. The van der Waals surface area contributed by atoms with Crippen molar-refractivity contribution >= 4 is 17.6 Å². The number of amides is 2. The molecule has 0 unspecified atom stereocenters. The summed E-state index contributed by atoms with van der Waals surface area (Å²) in [6.45, 7) is 3.24. The quantitative estimate of drug-likeness (QED) is 0.439. The third kappa shape index (κ3) is 1.85. The Hall–Kier alpha value is -1.39. The van der Waals surface area contributed by atoms with Crippen molar-refractivity contribution in [2.24, 2.45) is 16.9 Å². The highest BCUT2D eigenvalue weighted by Gasteiger charge is 2.43. The fourth-order valence-corrected chi connectivity index (χ4v) is 1.27. The fourth-order valence-electron chi connectivity index (χ4n) is 1.27. The standard InChI is InChI=1S/C8H14N2O3/c1-3-8(4-2,7(10)13)5(11)6(9)12/h3-4H2,1-2H3,(H2,9,12)(H2,10,13). The zero-order valence-corrected chi connectivity index (χ0v) is 7.79. The van der Waals surface area contributed by atoms with Gasteiger partial charge in [0.1, 0.15) is 5.41 Å². The lowest BCUT2D eigenvalue weighted by molar-refractivity contribution is -0.148. The van der Waals surface area contributed by atoms with Gasteiger partial charge in [-0.2, -0.15) is 0 Å². The Morgan fingerprint density at radius 1 is 1.08 bits per heavy atom. The molecule has 74 valence electrons. The van der Waals surface area contributed by atoms with E-state index in [1.807, 2.05) is 0 Å². The molecule has 0 heterocycles. The van der Waals surface area contributed by atoms with Gasteiger partial charge in [0, 0.05) is 0 Å². The van der Waals surface area contributed by atoms with Crippen LogP contribution in [0, 0.1) is 5.41 Å². The highest BCUT2D eigenvalue weighted by Crippen LogP contribution is 2.26. The topological polar surface area (TPSA) is 103 Å². The van der Waals surface area contributed by atoms with Gasteiger partial charge < -0.3 is 11.5 Å². The van der Waals surface area contributed by atoms with Crippen molar-refractivity contribution in [3.63, 3.8) is 0 Å². The van der Waals surface area contributed by atoms with Crippen LogP contribution in [0.3, 0.4) is 0 Å². The summed E-state index contributed by atoms with van der Waals surface area (Å²) in [6, 6.07) is 0. The molecule has 0 aliphatic heterocycles. The van der Waals surface area contributed by atoms with Crippen LogP contribution in [0.15, 0.2) is 0 Å². The molecule has 5 nitrogen and oxygen atoms in total. The van der Waals surface area contributed by atoms with Crippen LogP contribution in [0.25, 0.3) is 0 Å². The van der Waals surface area contributed by atoms with Crippen LogP contribution in [0.1, 0.15) is 26.7 Å². The number of nitrogens with two attached hydrogens (primary N) is 2. The van der Waals surface area contributed by atoms with E-state index in [4.69, 9.17) is 11.5 Å². The van der Waals surface area contributed by atoms with E-state index < -0.39 is 23.0 Å². The van der Waals surface area contributed by atoms with E-state index >= 15 is 0 Å². The van der Waals surface area contributed by atoms with E-state index in [1.165, 1.54) is 0 Å². The molecule has 0 saturated heterocycles. The van der Waals surface area contributed by atoms with Crippen molar-refractivity contribution in [2.45, 2.75) is 26.7 Å². The summed E-state index contributed by atoms with van der Waals surface area (Å²) in [4.78, 5) is 32.9. The molecule has 0 atom stereocenters. The SMILES string of the molecule is CCC(CC)(C(N)=O)C(=O)C(N)=O. The zero-order valence-electron chi connectivity index (χ0n) is 7.79. The average Bonchev–Trinajstić information content (AvgIpc) is 2.06. The van der Waals surface area contributed by atoms with E-state index in [0.717, 1.165) is 0 Å². The maximum Gasteiger partial charge on any atom is 0.285 e. The van der Waals surface area contributed by atoms with Gasteiger partial charge in [-0.1, -0.05) is 13.8 Å². The predicted octanol–water partition coefficient (Wildman–Crippen LogP) is -0.667. The molecule has 0 bridgehead atoms. The number of rotatable bonds is 5. The van der Waals surface area contributed by atoms with E-state index in [0.29, 0.717) is 0 Å². The first-order valence-corrected chi connectivity index (χ1v) is 4.06. The third-order valence-electron chi connectivity index (χ3n) is 2.34. The minimum absolute atomic E-state index is 0.195. The highest BCUT2D eigenvalue weighted by atomic mass is 16.2. The first-order valence-electron chi connectivity index (χ1n) is 4.06. The van der Waals surface area contributed by atoms with Crippen molar-refractivity contribution in [1.29, 1.82) is 0 Å². The molecule has 0 fully saturated rings. The van der Waals surface area contributed by atoms with Gasteiger partial charge in [0.05, 0.1) is 0 Å². The molecule has 13 heavy (non-hydrogen) atoms. The van der Waals surface area contributed by atoms with E-state index in [1.54, 1.807) is 13.8 Å². The van der Waals surface area contributed by atoms with Gasteiger partial charge in [-0.3, -0.25) is 14.4 Å². The Morgan fingerprint density at radius 2 is 1.46 bits per heavy atom. The van der Waals surface area contributed by atoms with E-state index in [9.17, 15) is 14.4 Å². The number of hydrogen-bond acceptors (Lipinski definition) is 3. The van der Waals surface area contributed by atoms with Crippen LogP contribution in [-0.2, 0) is 14.4 Å². The maximum absolute atomic E-state index is 11.3. The van der Waals surface area contributed by atoms with Crippen molar-refractivity contribution in [3.8, 4) is 0 Å². The molecular formula is C8H14N2O3. The molecule has 0 spiro atoms. The molecule has 0 saturated carbocycles. The summed E-state index contributed by atoms with van der Waals surface area (Å²) in [6.07, 6.45) is 0.390. The minimum Gasteiger partial charge on any atom is -0.369 e. The third-order valence-corrected chi connectivity index (χ3v) is 2.34. The summed E-state index contributed by atoms with van der Waals surface area (Å²) in [5, 5.41) is 0. The lowest BCUT2D eigenvalue weighted by Gasteiger charge is -2.24. The second kappa shape index (κ2) is 4.02. The van der Waals surface area contributed by atoms with Gasteiger partial charge in [0.2, 0.25) is 11.7 Å². The van der Waals surface area contributed by atoms with Crippen molar-refractivity contribution in [3.05, 3.63) is 0 Å². The Kier molecular flexibility index (Phi) is 3.59. The molecule has 0 aromatic carbocycles. The first kappa shape index (κ1) is 11.6. The van der Waals surface area contributed by atoms with Crippen LogP contribution in [0.5, 0.6) is 0 Å². The normalized spacial score (nSPS) is 10.9. The van der Waals surface area contributed by atoms with E-state index in [2.05, 4.69) is 0 Å². The second-order valence-electron chi connectivity index (χ2n) is 2.85. The lowest BCUT2D eigenvalue weighted by atomic mass is 9.77. The largest absolute Gasteiger partial charge is 0.369 e. The summed E-state index contributed by atoms with van der Waals surface area (Å²) >= 11 is 0. The number of primary amides is 2. The number of hydrogen-bond donors (Lipinski definition) is 2. The maximum atomic E-state index is 11.3. The number of Topliss-reactive ketones (excluding diaryl/α,β-unsaturated/α-hetero) is 1. The van der Waals surface area contributed by atoms with E-state index in [-0.39, 0.29) is 12.8 Å². The number of carbonyl (C=O) groups is 3. The zero-order chi connectivity index (χ0) is 10.6. The smallest absolute Gasteiger partial charge is 0.285 e. The summed E-state index contributed by atoms with van der Waals surface area (Å²) in [7, 11) is 0. The van der Waals surface area contributed by atoms with Gasteiger partial charge in [-0.05, 0) is 12.8 Å². The van der Waals surface area contributed by atoms with Gasteiger partial charge in [-0.15, -0.1) is 0 Å².